The smallest absolute Gasteiger partial charge is 0.273 e. The van der Waals surface area contributed by atoms with Gasteiger partial charge in [-0.2, -0.15) is 0 Å². The van der Waals surface area contributed by atoms with Crippen LogP contribution in [0, 0.1) is 0 Å². The van der Waals surface area contributed by atoms with E-state index in [4.69, 9.17) is 4.74 Å². The number of pyridine rings is 1. The molecule has 1 atom stereocenters. The molecule has 1 aromatic carbocycles. The molecule has 1 saturated heterocycles. The minimum Gasteiger partial charge on any atom is -0.472 e. The highest BCUT2D eigenvalue weighted by Gasteiger charge is 2.27. The second-order valence-electron chi connectivity index (χ2n) is 6.06. The van der Waals surface area contributed by atoms with Crippen molar-refractivity contribution < 1.29 is 9.53 Å². The van der Waals surface area contributed by atoms with Crippen LogP contribution in [0.4, 0.5) is 0 Å². The third-order valence-corrected chi connectivity index (χ3v) is 4.38. The predicted molar refractivity (Wildman–Crippen MR) is 93.3 cm³/mol. The summed E-state index contributed by atoms with van der Waals surface area (Å²) in [6.45, 7) is 1.25. The van der Waals surface area contributed by atoms with Crippen LogP contribution in [0.3, 0.4) is 0 Å². The predicted octanol–water partition coefficient (Wildman–Crippen LogP) is 2.71. The number of hydrogen-bond acceptors (Lipinski definition) is 5. The molecule has 3 heterocycles. The summed E-state index contributed by atoms with van der Waals surface area (Å²) >= 11 is 0. The molecule has 6 nitrogen and oxygen atoms in total. The fourth-order valence-corrected chi connectivity index (χ4v) is 3.18. The van der Waals surface area contributed by atoms with Crippen LogP contribution in [0.5, 0.6) is 5.88 Å². The minimum absolute atomic E-state index is 0.0483. The van der Waals surface area contributed by atoms with Crippen LogP contribution >= 0.6 is 0 Å². The summed E-state index contributed by atoms with van der Waals surface area (Å²) in [6.07, 6.45) is 6.52. The highest BCUT2D eigenvalue weighted by Crippen LogP contribution is 2.21. The molecule has 0 spiro atoms. The van der Waals surface area contributed by atoms with E-state index in [0.29, 0.717) is 24.7 Å². The van der Waals surface area contributed by atoms with Gasteiger partial charge >= 0.3 is 0 Å². The first-order valence-electron chi connectivity index (χ1n) is 8.37. The molecule has 0 bridgehead atoms. The number of benzene rings is 1. The third-order valence-electron chi connectivity index (χ3n) is 4.38. The lowest BCUT2D eigenvalue weighted by Gasteiger charge is -2.32. The fraction of sp³-hybridized carbons (Fsp3) is 0.263. The van der Waals surface area contributed by atoms with Gasteiger partial charge < -0.3 is 9.64 Å². The molecule has 6 heteroatoms. The fourth-order valence-electron chi connectivity index (χ4n) is 3.18. The van der Waals surface area contributed by atoms with Crippen LogP contribution in [0.25, 0.3) is 10.8 Å². The SMILES string of the molecule is O=C(c1nccc2ccccc12)N1CCCC(Oc2ccncn2)C1. The van der Waals surface area contributed by atoms with Crippen molar-refractivity contribution in [1.29, 1.82) is 0 Å². The number of rotatable bonds is 3. The molecule has 25 heavy (non-hydrogen) atoms. The van der Waals surface area contributed by atoms with E-state index < -0.39 is 0 Å². The van der Waals surface area contributed by atoms with E-state index in [1.807, 2.05) is 35.2 Å². The number of carbonyl (C=O) groups is 1. The second-order valence-corrected chi connectivity index (χ2v) is 6.06. The normalized spacial score (nSPS) is 17.4. The number of fused-ring (bicyclic) bond motifs is 1. The zero-order chi connectivity index (χ0) is 17.1. The Labute approximate surface area is 145 Å². The quantitative estimate of drug-likeness (QED) is 0.737. The van der Waals surface area contributed by atoms with Gasteiger partial charge in [-0.05, 0) is 24.3 Å². The van der Waals surface area contributed by atoms with Crippen molar-refractivity contribution in [3.8, 4) is 5.88 Å². The molecule has 1 amide bonds. The van der Waals surface area contributed by atoms with Gasteiger partial charge in [-0.15, -0.1) is 0 Å². The Morgan fingerprint density at radius 1 is 1.12 bits per heavy atom. The summed E-state index contributed by atoms with van der Waals surface area (Å²) in [5.41, 5.74) is 0.501. The van der Waals surface area contributed by atoms with Crippen LogP contribution in [-0.2, 0) is 0 Å². The van der Waals surface area contributed by atoms with Crippen molar-refractivity contribution in [2.75, 3.05) is 13.1 Å². The number of piperidine rings is 1. The van der Waals surface area contributed by atoms with Crippen LogP contribution in [0.2, 0.25) is 0 Å². The van der Waals surface area contributed by atoms with E-state index in [1.165, 1.54) is 6.33 Å². The van der Waals surface area contributed by atoms with Crippen molar-refractivity contribution in [1.82, 2.24) is 19.9 Å². The van der Waals surface area contributed by atoms with Gasteiger partial charge in [0.1, 0.15) is 18.1 Å². The molecule has 1 fully saturated rings. The van der Waals surface area contributed by atoms with Gasteiger partial charge in [-0.3, -0.25) is 9.78 Å². The van der Waals surface area contributed by atoms with E-state index in [-0.39, 0.29) is 12.0 Å². The van der Waals surface area contributed by atoms with Crippen LogP contribution < -0.4 is 4.74 Å². The first kappa shape index (κ1) is 15.5. The molecular formula is C19H18N4O2. The average Bonchev–Trinajstić information content (AvgIpc) is 2.68. The summed E-state index contributed by atoms with van der Waals surface area (Å²) in [4.78, 5) is 27.1. The van der Waals surface area contributed by atoms with Crippen molar-refractivity contribution in [2.24, 2.45) is 0 Å². The number of ether oxygens (including phenoxy) is 1. The van der Waals surface area contributed by atoms with Gasteiger partial charge in [0.25, 0.3) is 5.91 Å². The van der Waals surface area contributed by atoms with E-state index in [1.54, 1.807) is 18.5 Å². The number of nitrogens with zero attached hydrogens (tertiary/aromatic N) is 4. The Bertz CT molecular complexity index is 879. The molecule has 0 radical (unpaired) electrons. The molecule has 1 unspecified atom stereocenters. The molecule has 0 saturated carbocycles. The summed E-state index contributed by atoms with van der Waals surface area (Å²) in [7, 11) is 0. The van der Waals surface area contributed by atoms with Gasteiger partial charge in [0.05, 0.1) is 6.54 Å². The molecule has 1 aliphatic heterocycles. The Morgan fingerprint density at radius 2 is 2.04 bits per heavy atom. The van der Waals surface area contributed by atoms with E-state index in [0.717, 1.165) is 23.6 Å². The Hall–Kier alpha value is -3.02. The topological polar surface area (TPSA) is 68.2 Å². The van der Waals surface area contributed by atoms with Gasteiger partial charge in [0, 0.05) is 30.4 Å². The van der Waals surface area contributed by atoms with Crippen molar-refractivity contribution in [3.05, 3.63) is 60.8 Å². The lowest BCUT2D eigenvalue weighted by molar-refractivity contribution is 0.0524. The van der Waals surface area contributed by atoms with E-state index >= 15 is 0 Å². The van der Waals surface area contributed by atoms with Gasteiger partial charge in [-0.1, -0.05) is 24.3 Å². The van der Waals surface area contributed by atoms with Gasteiger partial charge in [-0.25, -0.2) is 9.97 Å². The molecule has 2 aromatic heterocycles. The van der Waals surface area contributed by atoms with Crippen LogP contribution in [-0.4, -0.2) is 45.0 Å². The molecular weight excluding hydrogens is 316 g/mol. The Morgan fingerprint density at radius 3 is 2.92 bits per heavy atom. The zero-order valence-corrected chi connectivity index (χ0v) is 13.7. The Kier molecular flexibility index (Phi) is 4.24. The zero-order valence-electron chi connectivity index (χ0n) is 13.7. The first-order chi connectivity index (χ1) is 12.3. The maximum Gasteiger partial charge on any atom is 0.273 e. The number of aromatic nitrogens is 3. The molecule has 3 aromatic rings. The number of amides is 1. The number of carbonyl (C=O) groups excluding carboxylic acids is 1. The molecule has 126 valence electrons. The first-order valence-corrected chi connectivity index (χ1v) is 8.37. The standard InChI is InChI=1S/C19H18N4O2/c24-19(18-16-6-2-1-4-14(16)7-10-21-18)23-11-3-5-15(12-23)25-17-8-9-20-13-22-17/h1-2,4,6-10,13,15H,3,5,11-12H2. The molecule has 4 rings (SSSR count). The van der Waals surface area contributed by atoms with E-state index in [2.05, 4.69) is 15.0 Å². The van der Waals surface area contributed by atoms with Gasteiger partial charge in [0.15, 0.2) is 0 Å². The van der Waals surface area contributed by atoms with Gasteiger partial charge in [0.2, 0.25) is 5.88 Å². The highest BCUT2D eigenvalue weighted by molar-refractivity contribution is 6.05. The molecule has 0 aliphatic carbocycles. The summed E-state index contributed by atoms with van der Waals surface area (Å²) in [6, 6.07) is 11.5. The maximum absolute atomic E-state index is 13.0. The maximum atomic E-state index is 13.0. The number of likely N-dealkylation sites (tertiary alicyclic amines) is 1. The van der Waals surface area contributed by atoms with E-state index in [9.17, 15) is 4.79 Å². The monoisotopic (exact) mass is 334 g/mol. The average molecular weight is 334 g/mol. The third kappa shape index (κ3) is 3.28. The second kappa shape index (κ2) is 6.84. The lowest BCUT2D eigenvalue weighted by Crippen LogP contribution is -2.44. The summed E-state index contributed by atoms with van der Waals surface area (Å²) < 4.78 is 5.89. The Balaban J connectivity index is 1.53. The molecule has 1 aliphatic rings. The van der Waals surface area contributed by atoms with Crippen molar-refractivity contribution in [3.63, 3.8) is 0 Å². The summed E-state index contributed by atoms with van der Waals surface area (Å²) in [5.74, 6) is 0.491. The van der Waals surface area contributed by atoms with Crippen LogP contribution in [0.15, 0.2) is 55.1 Å². The minimum atomic E-state index is -0.0671. The van der Waals surface area contributed by atoms with Crippen molar-refractivity contribution in [2.45, 2.75) is 18.9 Å². The summed E-state index contributed by atoms with van der Waals surface area (Å²) in [5, 5.41) is 1.90. The largest absolute Gasteiger partial charge is 0.472 e. The lowest BCUT2D eigenvalue weighted by atomic mass is 10.1. The van der Waals surface area contributed by atoms with Crippen molar-refractivity contribution >= 4 is 16.7 Å². The highest BCUT2D eigenvalue weighted by atomic mass is 16.5. The number of hydrogen-bond donors (Lipinski definition) is 0. The molecule has 0 N–H and O–H groups in total. The van der Waals surface area contributed by atoms with Crippen LogP contribution in [0.1, 0.15) is 23.3 Å².